The number of nitrogen functional groups attached to an aromatic ring is 2. The molecule has 4 N–H and O–H groups in total. The fourth-order valence-corrected chi connectivity index (χ4v) is 2.73. The standard InChI is InChI=1S/C20H16N4/c21-15-11-17-18(12-16(15)22)24-20(14-9-5-2-6-10-14)19(23-17)13-7-3-1-4-8-13/h1-12H,21-22H2. The van der Waals surface area contributed by atoms with Gasteiger partial charge in [-0.3, -0.25) is 0 Å². The van der Waals surface area contributed by atoms with E-state index in [2.05, 4.69) is 0 Å². The lowest BCUT2D eigenvalue weighted by atomic mass is 10.0. The average molecular weight is 312 g/mol. The minimum atomic E-state index is 0.517. The Labute approximate surface area is 139 Å². The van der Waals surface area contributed by atoms with E-state index in [-0.39, 0.29) is 0 Å². The van der Waals surface area contributed by atoms with E-state index in [9.17, 15) is 0 Å². The predicted molar refractivity (Wildman–Crippen MR) is 99.2 cm³/mol. The monoisotopic (exact) mass is 312 g/mol. The third-order valence-electron chi connectivity index (χ3n) is 3.96. The highest BCUT2D eigenvalue weighted by Crippen LogP contribution is 2.32. The van der Waals surface area contributed by atoms with Gasteiger partial charge < -0.3 is 11.5 Å². The van der Waals surface area contributed by atoms with Crippen molar-refractivity contribution in [3.63, 3.8) is 0 Å². The molecule has 0 aliphatic heterocycles. The van der Waals surface area contributed by atoms with Crippen LogP contribution in [0.2, 0.25) is 0 Å². The summed E-state index contributed by atoms with van der Waals surface area (Å²) in [5, 5.41) is 0. The van der Waals surface area contributed by atoms with Crippen molar-refractivity contribution >= 4 is 22.4 Å². The minimum Gasteiger partial charge on any atom is -0.397 e. The second kappa shape index (κ2) is 5.66. The number of anilines is 2. The average Bonchev–Trinajstić information content (AvgIpc) is 2.63. The zero-order chi connectivity index (χ0) is 16.5. The molecule has 0 saturated carbocycles. The summed E-state index contributed by atoms with van der Waals surface area (Å²) in [6, 6.07) is 23.6. The Hall–Kier alpha value is -3.40. The maximum absolute atomic E-state index is 5.93. The lowest BCUT2D eigenvalue weighted by molar-refractivity contribution is 1.29. The van der Waals surface area contributed by atoms with Gasteiger partial charge in [0.05, 0.1) is 33.8 Å². The van der Waals surface area contributed by atoms with Crippen molar-refractivity contribution in [1.82, 2.24) is 9.97 Å². The SMILES string of the molecule is Nc1cc2nc(-c3ccccc3)c(-c3ccccc3)nc2cc1N. The van der Waals surface area contributed by atoms with Crippen molar-refractivity contribution in [1.29, 1.82) is 0 Å². The van der Waals surface area contributed by atoms with Gasteiger partial charge in [0.15, 0.2) is 0 Å². The van der Waals surface area contributed by atoms with Crippen molar-refractivity contribution in [2.45, 2.75) is 0 Å². The molecular formula is C20H16N4. The Morgan fingerprint density at radius 1 is 0.542 bits per heavy atom. The number of rotatable bonds is 2. The van der Waals surface area contributed by atoms with Crippen molar-refractivity contribution in [2.75, 3.05) is 11.5 Å². The number of benzene rings is 3. The Bertz CT molecular complexity index is 928. The van der Waals surface area contributed by atoms with Crippen LogP contribution in [0.1, 0.15) is 0 Å². The minimum absolute atomic E-state index is 0.517. The summed E-state index contributed by atoms with van der Waals surface area (Å²) in [4.78, 5) is 9.65. The van der Waals surface area contributed by atoms with Crippen LogP contribution in [0, 0.1) is 0 Å². The predicted octanol–water partition coefficient (Wildman–Crippen LogP) is 4.13. The topological polar surface area (TPSA) is 77.8 Å². The molecule has 0 aliphatic rings. The maximum atomic E-state index is 5.93. The van der Waals surface area contributed by atoms with Gasteiger partial charge >= 0.3 is 0 Å². The Kier molecular flexibility index (Phi) is 3.35. The molecule has 24 heavy (non-hydrogen) atoms. The van der Waals surface area contributed by atoms with Gasteiger partial charge in [-0.15, -0.1) is 0 Å². The lowest BCUT2D eigenvalue weighted by Crippen LogP contribution is -1.99. The fourth-order valence-electron chi connectivity index (χ4n) is 2.73. The van der Waals surface area contributed by atoms with Gasteiger partial charge in [0.1, 0.15) is 0 Å². The summed E-state index contributed by atoms with van der Waals surface area (Å²) < 4.78 is 0. The molecular weight excluding hydrogens is 296 g/mol. The number of aromatic nitrogens is 2. The molecule has 4 aromatic rings. The van der Waals surface area contributed by atoms with Crippen LogP contribution in [-0.4, -0.2) is 9.97 Å². The molecule has 3 aromatic carbocycles. The van der Waals surface area contributed by atoms with Gasteiger partial charge in [0.25, 0.3) is 0 Å². The van der Waals surface area contributed by atoms with E-state index in [1.54, 1.807) is 12.1 Å². The van der Waals surface area contributed by atoms with Gasteiger partial charge in [-0.2, -0.15) is 0 Å². The van der Waals surface area contributed by atoms with E-state index >= 15 is 0 Å². The summed E-state index contributed by atoms with van der Waals surface area (Å²) in [7, 11) is 0. The molecule has 0 spiro atoms. The van der Waals surface area contributed by atoms with Crippen LogP contribution in [0.3, 0.4) is 0 Å². The van der Waals surface area contributed by atoms with Gasteiger partial charge in [-0.1, -0.05) is 60.7 Å². The highest BCUT2D eigenvalue weighted by Gasteiger charge is 2.13. The molecule has 4 nitrogen and oxygen atoms in total. The third kappa shape index (κ3) is 2.44. The maximum Gasteiger partial charge on any atom is 0.0973 e. The number of hydrogen-bond donors (Lipinski definition) is 2. The van der Waals surface area contributed by atoms with Crippen LogP contribution in [0.25, 0.3) is 33.5 Å². The van der Waals surface area contributed by atoms with Crippen molar-refractivity contribution < 1.29 is 0 Å². The summed E-state index contributed by atoms with van der Waals surface area (Å²) in [5.74, 6) is 0. The van der Waals surface area contributed by atoms with Gasteiger partial charge in [-0.25, -0.2) is 9.97 Å². The van der Waals surface area contributed by atoms with Crippen molar-refractivity contribution in [2.24, 2.45) is 0 Å². The molecule has 1 heterocycles. The molecule has 0 bridgehead atoms. The first-order chi connectivity index (χ1) is 11.7. The van der Waals surface area contributed by atoms with E-state index in [1.165, 1.54) is 0 Å². The molecule has 0 aliphatic carbocycles. The van der Waals surface area contributed by atoms with Gasteiger partial charge in [-0.05, 0) is 12.1 Å². The number of fused-ring (bicyclic) bond motifs is 1. The van der Waals surface area contributed by atoms with Crippen LogP contribution in [0.5, 0.6) is 0 Å². The Balaban J connectivity index is 2.06. The second-order valence-electron chi connectivity index (χ2n) is 5.62. The highest BCUT2D eigenvalue weighted by molar-refractivity contribution is 5.90. The summed E-state index contributed by atoms with van der Waals surface area (Å²) in [6.07, 6.45) is 0. The second-order valence-corrected chi connectivity index (χ2v) is 5.62. The van der Waals surface area contributed by atoms with Gasteiger partial charge in [0.2, 0.25) is 0 Å². The fraction of sp³-hybridized carbons (Fsp3) is 0. The summed E-state index contributed by atoms with van der Waals surface area (Å²) in [6.45, 7) is 0. The molecule has 0 saturated heterocycles. The first-order valence-electron chi connectivity index (χ1n) is 7.70. The Morgan fingerprint density at radius 2 is 0.917 bits per heavy atom. The zero-order valence-corrected chi connectivity index (χ0v) is 13.0. The molecule has 4 heteroatoms. The van der Waals surface area contributed by atoms with Crippen LogP contribution in [0.4, 0.5) is 11.4 Å². The molecule has 4 rings (SSSR count). The van der Waals surface area contributed by atoms with E-state index < -0.39 is 0 Å². The van der Waals surface area contributed by atoms with Crippen LogP contribution in [-0.2, 0) is 0 Å². The quantitative estimate of drug-likeness (QED) is 0.546. The van der Waals surface area contributed by atoms with E-state index in [1.807, 2.05) is 60.7 Å². The van der Waals surface area contributed by atoms with E-state index in [0.717, 1.165) is 33.5 Å². The Morgan fingerprint density at radius 3 is 1.29 bits per heavy atom. The first kappa shape index (κ1) is 14.2. The third-order valence-corrected chi connectivity index (χ3v) is 3.96. The highest BCUT2D eigenvalue weighted by atomic mass is 14.8. The molecule has 0 atom stereocenters. The summed E-state index contributed by atoms with van der Waals surface area (Å²) in [5.41, 5.74) is 18.1. The molecule has 1 aromatic heterocycles. The molecule has 0 unspecified atom stereocenters. The van der Waals surface area contributed by atoms with Gasteiger partial charge in [0, 0.05) is 11.1 Å². The smallest absolute Gasteiger partial charge is 0.0973 e. The first-order valence-corrected chi connectivity index (χ1v) is 7.70. The largest absolute Gasteiger partial charge is 0.397 e. The van der Waals surface area contributed by atoms with Crippen molar-refractivity contribution in [3.05, 3.63) is 72.8 Å². The number of nitrogens with two attached hydrogens (primary N) is 2. The molecule has 0 amide bonds. The molecule has 0 radical (unpaired) electrons. The van der Waals surface area contributed by atoms with Crippen LogP contribution < -0.4 is 11.5 Å². The number of hydrogen-bond acceptors (Lipinski definition) is 4. The molecule has 116 valence electrons. The van der Waals surface area contributed by atoms with Crippen molar-refractivity contribution in [3.8, 4) is 22.5 Å². The van der Waals surface area contributed by atoms with Crippen LogP contribution >= 0.6 is 0 Å². The van der Waals surface area contributed by atoms with Crippen LogP contribution in [0.15, 0.2) is 72.8 Å². The normalized spacial score (nSPS) is 10.8. The summed E-state index contributed by atoms with van der Waals surface area (Å²) >= 11 is 0. The number of nitrogens with zero attached hydrogens (tertiary/aromatic N) is 2. The van der Waals surface area contributed by atoms with E-state index in [0.29, 0.717) is 11.4 Å². The van der Waals surface area contributed by atoms with E-state index in [4.69, 9.17) is 21.4 Å². The molecule has 0 fully saturated rings. The lowest BCUT2D eigenvalue weighted by Gasteiger charge is -2.11. The zero-order valence-electron chi connectivity index (χ0n) is 13.0.